The molecule has 1 unspecified atom stereocenters. The Hall–Kier alpha value is -3.14. The Morgan fingerprint density at radius 1 is 1.17 bits per heavy atom. The van der Waals surface area contributed by atoms with Gasteiger partial charge in [-0.15, -0.1) is 0 Å². The van der Waals surface area contributed by atoms with Crippen LogP contribution in [0.4, 0.5) is 18.9 Å². The number of halogens is 3. The molecular weight excluding hydrogens is 417 g/mol. The van der Waals surface area contributed by atoms with Gasteiger partial charge in [-0.25, -0.2) is 0 Å². The lowest BCUT2D eigenvalue weighted by Gasteiger charge is -2.19. The number of nitrogens with zero attached hydrogens (tertiary/aromatic N) is 2. The van der Waals surface area contributed by atoms with E-state index in [0.717, 1.165) is 35.2 Å². The molecule has 1 aromatic carbocycles. The lowest BCUT2D eigenvalue weighted by atomic mass is 10.1. The molecule has 30 heavy (non-hydrogen) atoms. The zero-order valence-corrected chi connectivity index (χ0v) is 17.0. The molecule has 2 amide bonds. The Labute approximate surface area is 174 Å². The van der Waals surface area contributed by atoms with Gasteiger partial charge >= 0.3 is 18.0 Å². The Balaban J connectivity index is 1.68. The second-order valence-electron chi connectivity index (χ2n) is 6.69. The highest BCUT2D eigenvalue weighted by Crippen LogP contribution is 2.30. The third-order valence-corrected chi connectivity index (χ3v) is 5.08. The molecule has 0 saturated carbocycles. The van der Waals surface area contributed by atoms with Gasteiger partial charge in [0.25, 0.3) is 0 Å². The Kier molecular flexibility index (Phi) is 6.25. The maximum absolute atomic E-state index is 12.8. The summed E-state index contributed by atoms with van der Waals surface area (Å²) in [5.74, 6) is -2.00. The van der Waals surface area contributed by atoms with Gasteiger partial charge in [0, 0.05) is 17.9 Å². The number of nitrogens with one attached hydrogen (secondary N) is 2. The van der Waals surface area contributed by atoms with Crippen LogP contribution < -0.4 is 10.6 Å². The molecule has 0 radical (unpaired) electrons. The van der Waals surface area contributed by atoms with Crippen molar-refractivity contribution in [2.24, 2.45) is 0 Å². The van der Waals surface area contributed by atoms with E-state index >= 15 is 0 Å². The molecule has 0 saturated heterocycles. The van der Waals surface area contributed by atoms with Gasteiger partial charge in [-0.05, 0) is 60.5 Å². The summed E-state index contributed by atoms with van der Waals surface area (Å²) >= 11 is 1.50. The molecule has 0 aliphatic rings. The number of carbonyl (C=O) groups excluding carboxylic acids is 2. The minimum absolute atomic E-state index is 0.0908. The van der Waals surface area contributed by atoms with Gasteiger partial charge in [-0.3, -0.25) is 14.3 Å². The predicted octanol–water partition coefficient (Wildman–Crippen LogP) is 3.92. The number of aromatic nitrogens is 2. The van der Waals surface area contributed by atoms with E-state index < -0.39 is 23.6 Å². The maximum Gasteiger partial charge on any atom is 0.416 e. The predicted molar refractivity (Wildman–Crippen MR) is 107 cm³/mol. The van der Waals surface area contributed by atoms with Crippen LogP contribution in [-0.2, 0) is 15.8 Å². The lowest BCUT2D eigenvalue weighted by Crippen LogP contribution is -2.39. The molecule has 1 atom stereocenters. The van der Waals surface area contributed by atoms with Crippen LogP contribution in [0.1, 0.15) is 28.6 Å². The van der Waals surface area contributed by atoms with Crippen LogP contribution in [0.5, 0.6) is 0 Å². The first-order chi connectivity index (χ1) is 14.1. The molecule has 0 fully saturated rings. The van der Waals surface area contributed by atoms with Gasteiger partial charge in [-0.1, -0.05) is 6.07 Å². The van der Waals surface area contributed by atoms with E-state index in [0.29, 0.717) is 0 Å². The molecule has 6 nitrogen and oxygen atoms in total. The molecule has 3 aromatic rings. The van der Waals surface area contributed by atoms with E-state index in [1.54, 1.807) is 4.68 Å². The smallest absolute Gasteiger partial charge is 0.345 e. The minimum Gasteiger partial charge on any atom is -0.345 e. The van der Waals surface area contributed by atoms with Gasteiger partial charge in [0.05, 0.1) is 17.3 Å². The summed E-state index contributed by atoms with van der Waals surface area (Å²) in [6.45, 7) is 3.84. The van der Waals surface area contributed by atoms with Crippen LogP contribution in [0.25, 0.3) is 0 Å². The monoisotopic (exact) mass is 436 g/mol. The summed E-state index contributed by atoms with van der Waals surface area (Å²) in [7, 11) is 0. The first-order valence-corrected chi connectivity index (χ1v) is 9.90. The summed E-state index contributed by atoms with van der Waals surface area (Å²) < 4.78 is 40.2. The number of amides is 2. The summed E-state index contributed by atoms with van der Waals surface area (Å²) in [6, 6.07) is 7.58. The van der Waals surface area contributed by atoms with E-state index in [-0.39, 0.29) is 18.3 Å². The molecular formula is C20H19F3N4O2S. The lowest BCUT2D eigenvalue weighted by molar-refractivity contribution is -0.137. The van der Waals surface area contributed by atoms with Crippen molar-refractivity contribution in [2.45, 2.75) is 26.1 Å². The first kappa shape index (κ1) is 21.6. The minimum atomic E-state index is -4.55. The number of benzene rings is 1. The van der Waals surface area contributed by atoms with Gasteiger partial charge in [-0.2, -0.15) is 29.6 Å². The Bertz CT molecular complexity index is 1040. The van der Waals surface area contributed by atoms with Gasteiger partial charge < -0.3 is 10.6 Å². The van der Waals surface area contributed by atoms with E-state index in [1.807, 2.05) is 36.7 Å². The molecule has 2 heterocycles. The molecule has 2 aromatic heterocycles. The normalized spacial score (nSPS) is 12.4. The van der Waals surface area contributed by atoms with Gasteiger partial charge in [0.2, 0.25) is 0 Å². The van der Waals surface area contributed by atoms with Crippen LogP contribution >= 0.6 is 11.3 Å². The summed E-state index contributed by atoms with van der Waals surface area (Å²) in [4.78, 5) is 24.4. The van der Waals surface area contributed by atoms with Crippen LogP contribution in [0.15, 0.2) is 47.2 Å². The average Bonchev–Trinajstić information content (AvgIpc) is 3.31. The van der Waals surface area contributed by atoms with Crippen molar-refractivity contribution in [1.29, 1.82) is 0 Å². The van der Waals surface area contributed by atoms with Crippen molar-refractivity contribution in [2.75, 3.05) is 11.9 Å². The zero-order chi connectivity index (χ0) is 21.9. The number of aryl methyl sites for hydroxylation is 2. The molecule has 10 heteroatoms. The molecule has 0 bridgehead atoms. The van der Waals surface area contributed by atoms with Gasteiger partial charge in [0.1, 0.15) is 0 Å². The molecule has 158 valence electrons. The van der Waals surface area contributed by atoms with Crippen molar-refractivity contribution in [3.63, 3.8) is 0 Å². The molecule has 0 spiro atoms. The third-order valence-electron chi connectivity index (χ3n) is 4.38. The third kappa shape index (κ3) is 5.07. The summed E-state index contributed by atoms with van der Waals surface area (Å²) in [5, 5.41) is 13.0. The number of thiophene rings is 1. The van der Waals surface area contributed by atoms with Crippen molar-refractivity contribution >= 4 is 28.8 Å². The first-order valence-electron chi connectivity index (χ1n) is 8.96. The Morgan fingerprint density at radius 3 is 2.53 bits per heavy atom. The molecule has 0 aliphatic heterocycles. The van der Waals surface area contributed by atoms with Crippen molar-refractivity contribution < 1.29 is 22.8 Å². The highest BCUT2D eigenvalue weighted by Gasteiger charge is 2.30. The number of rotatable bonds is 5. The SMILES string of the molecule is Cc1cc(C)n(C(CNC(=O)C(=O)Nc2cccc(C(F)(F)F)c2)c2ccsc2)n1. The fourth-order valence-corrected chi connectivity index (χ4v) is 3.71. The standard InChI is InChI=1S/C20H19F3N4O2S/c1-12-8-13(2)27(26-12)17(14-6-7-30-11-14)10-24-18(28)19(29)25-16-5-3-4-15(9-16)20(21,22)23/h3-9,11,17H,10H2,1-2H3,(H,24,28)(H,25,29). The van der Waals surface area contributed by atoms with Crippen LogP contribution in [0.3, 0.4) is 0 Å². The number of anilines is 1. The average molecular weight is 436 g/mol. The van der Waals surface area contributed by atoms with Crippen LogP contribution in [0, 0.1) is 13.8 Å². The summed E-state index contributed by atoms with van der Waals surface area (Å²) in [6.07, 6.45) is -4.55. The fourth-order valence-electron chi connectivity index (χ4n) is 3.00. The summed E-state index contributed by atoms with van der Waals surface area (Å²) in [5.41, 5.74) is 1.61. The van der Waals surface area contributed by atoms with Crippen molar-refractivity contribution in [1.82, 2.24) is 15.1 Å². The highest BCUT2D eigenvalue weighted by molar-refractivity contribution is 7.08. The number of carbonyl (C=O) groups is 2. The number of alkyl halides is 3. The topological polar surface area (TPSA) is 76.0 Å². The quantitative estimate of drug-likeness (QED) is 0.595. The van der Waals surface area contributed by atoms with E-state index in [9.17, 15) is 22.8 Å². The molecule has 3 rings (SSSR count). The van der Waals surface area contributed by atoms with Crippen molar-refractivity contribution in [3.05, 3.63) is 69.7 Å². The Morgan fingerprint density at radius 2 is 1.93 bits per heavy atom. The second-order valence-corrected chi connectivity index (χ2v) is 7.47. The van der Waals surface area contributed by atoms with E-state index in [4.69, 9.17) is 0 Å². The van der Waals surface area contributed by atoms with Crippen LogP contribution in [-0.4, -0.2) is 28.1 Å². The molecule has 0 aliphatic carbocycles. The van der Waals surface area contributed by atoms with Crippen LogP contribution in [0.2, 0.25) is 0 Å². The zero-order valence-electron chi connectivity index (χ0n) is 16.2. The maximum atomic E-state index is 12.8. The van der Waals surface area contributed by atoms with E-state index in [1.165, 1.54) is 17.4 Å². The van der Waals surface area contributed by atoms with Crippen molar-refractivity contribution in [3.8, 4) is 0 Å². The van der Waals surface area contributed by atoms with Gasteiger partial charge in [0.15, 0.2) is 0 Å². The fraction of sp³-hybridized carbons (Fsp3) is 0.250. The highest BCUT2D eigenvalue weighted by atomic mass is 32.1. The number of hydrogen-bond donors (Lipinski definition) is 2. The second kappa shape index (κ2) is 8.70. The largest absolute Gasteiger partial charge is 0.416 e. The molecule has 2 N–H and O–H groups in total. The van der Waals surface area contributed by atoms with E-state index in [2.05, 4.69) is 15.7 Å². The number of hydrogen-bond acceptors (Lipinski definition) is 4.